The highest BCUT2D eigenvalue weighted by Gasteiger charge is 2.27. The monoisotopic (exact) mass is 461 g/mol. The zero-order chi connectivity index (χ0) is 22.8. The predicted octanol–water partition coefficient (Wildman–Crippen LogP) is 3.94. The van der Waals surface area contributed by atoms with E-state index in [2.05, 4.69) is 75.7 Å². The van der Waals surface area contributed by atoms with Crippen LogP contribution in [-0.2, 0) is 12.8 Å². The number of carbonyl (C=O) groups excluding carboxylic acids is 1. The molecule has 1 aromatic heterocycles. The summed E-state index contributed by atoms with van der Waals surface area (Å²) < 4.78 is 1.87. The largest absolute Gasteiger partial charge is 0.369 e. The molecule has 0 unspecified atom stereocenters. The molecule has 1 N–H and O–H groups in total. The first-order valence-corrected chi connectivity index (χ1v) is 12.7. The first kappa shape index (κ1) is 22.0. The molecule has 1 amide bonds. The van der Waals surface area contributed by atoms with Gasteiger partial charge in [-0.3, -0.25) is 14.4 Å². The second-order valence-electron chi connectivity index (χ2n) is 8.86. The van der Waals surface area contributed by atoms with Crippen molar-refractivity contribution in [3.05, 3.63) is 65.4 Å². The Morgan fingerprint density at radius 3 is 2.67 bits per heavy atom. The van der Waals surface area contributed by atoms with Crippen molar-refractivity contribution >= 4 is 23.4 Å². The van der Waals surface area contributed by atoms with Crippen LogP contribution in [0.4, 0.5) is 5.69 Å². The molecule has 1 fully saturated rings. The second-order valence-corrected chi connectivity index (χ2v) is 9.88. The van der Waals surface area contributed by atoms with E-state index in [9.17, 15) is 4.79 Å². The van der Waals surface area contributed by atoms with E-state index in [1.807, 2.05) is 11.7 Å². The quantitative estimate of drug-likeness (QED) is 0.564. The van der Waals surface area contributed by atoms with Gasteiger partial charge in [0.15, 0.2) is 5.69 Å². The van der Waals surface area contributed by atoms with Crippen molar-refractivity contribution in [2.75, 3.05) is 44.2 Å². The molecule has 7 heteroatoms. The number of benzene rings is 2. The molecule has 0 spiro atoms. The molecule has 2 aliphatic heterocycles. The molecule has 0 saturated carbocycles. The van der Waals surface area contributed by atoms with Crippen molar-refractivity contribution < 1.29 is 4.79 Å². The van der Waals surface area contributed by atoms with Crippen LogP contribution < -0.4 is 10.2 Å². The number of para-hydroxylation sites is 1. The Labute approximate surface area is 200 Å². The van der Waals surface area contributed by atoms with Gasteiger partial charge in [0.2, 0.25) is 0 Å². The van der Waals surface area contributed by atoms with Crippen LogP contribution in [0, 0.1) is 6.92 Å². The Morgan fingerprint density at radius 2 is 1.88 bits per heavy atom. The van der Waals surface area contributed by atoms with Crippen LogP contribution in [0.15, 0.2) is 53.4 Å². The highest BCUT2D eigenvalue weighted by molar-refractivity contribution is 7.98. The molecular formula is C26H31N5OS. The van der Waals surface area contributed by atoms with Gasteiger partial charge in [0.05, 0.1) is 5.69 Å². The molecule has 5 rings (SSSR count). The molecule has 0 atom stereocenters. The second kappa shape index (κ2) is 9.61. The number of piperazine rings is 1. The summed E-state index contributed by atoms with van der Waals surface area (Å²) in [4.78, 5) is 19.1. The van der Waals surface area contributed by atoms with Gasteiger partial charge in [-0.15, -0.1) is 11.8 Å². The van der Waals surface area contributed by atoms with Gasteiger partial charge in [0, 0.05) is 67.2 Å². The predicted molar refractivity (Wildman–Crippen MR) is 135 cm³/mol. The smallest absolute Gasteiger partial charge is 0.272 e. The number of rotatable bonds is 6. The summed E-state index contributed by atoms with van der Waals surface area (Å²) in [6.07, 6.45) is 0.947. The number of aromatic nitrogens is 2. The Kier molecular flexibility index (Phi) is 6.42. The van der Waals surface area contributed by atoms with E-state index in [4.69, 9.17) is 0 Å². The molecule has 0 radical (unpaired) electrons. The average Bonchev–Trinajstić information content (AvgIpc) is 3.19. The molecule has 0 bridgehead atoms. The fourth-order valence-electron chi connectivity index (χ4n) is 4.79. The Hall–Kier alpha value is -2.77. The van der Waals surface area contributed by atoms with Crippen molar-refractivity contribution in [3.63, 3.8) is 0 Å². The van der Waals surface area contributed by atoms with Gasteiger partial charge in [0.25, 0.3) is 5.91 Å². The number of anilines is 1. The molecule has 3 aromatic rings. The van der Waals surface area contributed by atoms with Crippen molar-refractivity contribution in [1.82, 2.24) is 20.0 Å². The van der Waals surface area contributed by atoms with Gasteiger partial charge in [-0.25, -0.2) is 0 Å². The zero-order valence-electron chi connectivity index (χ0n) is 19.4. The Bertz CT molecular complexity index is 1140. The summed E-state index contributed by atoms with van der Waals surface area (Å²) in [6.45, 7) is 8.01. The maximum Gasteiger partial charge on any atom is 0.272 e. The molecule has 1 saturated heterocycles. The van der Waals surface area contributed by atoms with E-state index in [0.29, 0.717) is 12.2 Å². The maximum absolute atomic E-state index is 12.9. The SMILES string of the molecule is Cc1ccc2c(c1)-c1c(c(C(=O)NCCCN3CCN(c4ccccc4)CC3)nn1C)CS2. The minimum atomic E-state index is -0.0579. The fraction of sp³-hybridized carbons (Fsp3) is 0.385. The molecule has 2 aromatic carbocycles. The van der Waals surface area contributed by atoms with Gasteiger partial charge < -0.3 is 10.2 Å². The lowest BCUT2D eigenvalue weighted by Gasteiger charge is -2.36. The normalized spacial score (nSPS) is 15.8. The van der Waals surface area contributed by atoms with E-state index in [0.717, 1.165) is 56.2 Å². The summed E-state index contributed by atoms with van der Waals surface area (Å²) in [5, 5.41) is 7.71. The summed E-state index contributed by atoms with van der Waals surface area (Å²) in [7, 11) is 1.94. The standard InChI is InChI=1S/C26H31N5OS/c1-19-9-10-23-21(17-19)25-22(18-33-23)24(28-29(25)2)26(32)27-11-6-12-30-13-15-31(16-14-30)20-7-4-3-5-8-20/h3-5,7-10,17H,6,11-16,18H2,1-2H3,(H,27,32). The van der Waals surface area contributed by atoms with Crippen LogP contribution in [0.2, 0.25) is 0 Å². The van der Waals surface area contributed by atoms with Crippen LogP contribution >= 0.6 is 11.8 Å². The molecule has 2 aliphatic rings. The number of aryl methyl sites for hydroxylation is 2. The molecule has 172 valence electrons. The summed E-state index contributed by atoms with van der Waals surface area (Å²) >= 11 is 1.79. The number of fused-ring (bicyclic) bond motifs is 3. The van der Waals surface area contributed by atoms with Crippen molar-refractivity contribution in [3.8, 4) is 11.3 Å². The van der Waals surface area contributed by atoms with E-state index in [1.165, 1.54) is 21.7 Å². The molecule has 33 heavy (non-hydrogen) atoms. The van der Waals surface area contributed by atoms with Crippen LogP contribution in [-0.4, -0.2) is 59.9 Å². The fourth-order valence-corrected chi connectivity index (χ4v) is 5.83. The van der Waals surface area contributed by atoms with Gasteiger partial charge in [-0.1, -0.05) is 29.8 Å². The Morgan fingerprint density at radius 1 is 1.09 bits per heavy atom. The van der Waals surface area contributed by atoms with Gasteiger partial charge in [-0.05, 0) is 44.2 Å². The first-order chi connectivity index (χ1) is 16.1. The summed E-state index contributed by atoms with van der Waals surface area (Å²) in [5.41, 5.74) is 6.41. The number of hydrogen-bond acceptors (Lipinski definition) is 5. The number of thioether (sulfide) groups is 1. The van der Waals surface area contributed by atoms with Crippen LogP contribution in [0.5, 0.6) is 0 Å². The molecule has 3 heterocycles. The lowest BCUT2D eigenvalue weighted by Crippen LogP contribution is -2.47. The Balaban J connectivity index is 1.13. The summed E-state index contributed by atoms with van der Waals surface area (Å²) in [6, 6.07) is 17.1. The van der Waals surface area contributed by atoms with Crippen LogP contribution in [0.25, 0.3) is 11.3 Å². The molecule has 0 aliphatic carbocycles. The topological polar surface area (TPSA) is 53.4 Å². The highest BCUT2D eigenvalue weighted by Crippen LogP contribution is 2.42. The minimum absolute atomic E-state index is 0.0579. The van der Waals surface area contributed by atoms with Crippen molar-refractivity contribution in [2.24, 2.45) is 7.05 Å². The molecular weight excluding hydrogens is 430 g/mol. The zero-order valence-corrected chi connectivity index (χ0v) is 20.2. The van der Waals surface area contributed by atoms with Gasteiger partial charge in [0.1, 0.15) is 0 Å². The third-order valence-corrected chi connectivity index (χ3v) is 7.65. The van der Waals surface area contributed by atoms with E-state index >= 15 is 0 Å². The number of hydrogen-bond donors (Lipinski definition) is 1. The number of carbonyl (C=O) groups is 1. The third-order valence-electron chi connectivity index (χ3n) is 6.55. The lowest BCUT2D eigenvalue weighted by molar-refractivity contribution is 0.0945. The van der Waals surface area contributed by atoms with Crippen LogP contribution in [0.3, 0.4) is 0 Å². The van der Waals surface area contributed by atoms with E-state index in [1.54, 1.807) is 11.8 Å². The highest BCUT2D eigenvalue weighted by atomic mass is 32.2. The summed E-state index contributed by atoms with van der Waals surface area (Å²) in [5.74, 6) is 0.727. The number of nitrogens with one attached hydrogen (secondary N) is 1. The van der Waals surface area contributed by atoms with E-state index in [-0.39, 0.29) is 5.91 Å². The van der Waals surface area contributed by atoms with Gasteiger partial charge >= 0.3 is 0 Å². The minimum Gasteiger partial charge on any atom is -0.369 e. The average molecular weight is 462 g/mol. The van der Waals surface area contributed by atoms with Gasteiger partial charge in [-0.2, -0.15) is 5.10 Å². The van der Waals surface area contributed by atoms with E-state index < -0.39 is 0 Å². The molecule has 6 nitrogen and oxygen atoms in total. The lowest BCUT2D eigenvalue weighted by atomic mass is 10.0. The number of amides is 1. The third kappa shape index (κ3) is 4.66. The van der Waals surface area contributed by atoms with Crippen molar-refractivity contribution in [1.29, 1.82) is 0 Å². The van der Waals surface area contributed by atoms with Crippen molar-refractivity contribution in [2.45, 2.75) is 24.0 Å². The first-order valence-electron chi connectivity index (χ1n) is 11.7. The van der Waals surface area contributed by atoms with Crippen LogP contribution in [0.1, 0.15) is 28.0 Å². The maximum atomic E-state index is 12.9. The number of nitrogens with zero attached hydrogens (tertiary/aromatic N) is 4.